The molecule has 2 rings (SSSR count). The summed E-state index contributed by atoms with van der Waals surface area (Å²) in [5.74, 6) is 1.71. The third-order valence-electron chi connectivity index (χ3n) is 4.69. The summed E-state index contributed by atoms with van der Waals surface area (Å²) in [5.41, 5.74) is 0. The van der Waals surface area contributed by atoms with Crippen LogP contribution in [0.4, 0.5) is 0 Å². The van der Waals surface area contributed by atoms with E-state index in [1.54, 1.807) is 0 Å². The standard InChI is InChI=1S/C15H28N2O/c1-12(14-5-3-2-4-6-14)17-15(18)8-7-13-9-10-16-11-13/h12-14,16H,2-11H2,1H3,(H,17,18). The Labute approximate surface area is 111 Å². The van der Waals surface area contributed by atoms with Gasteiger partial charge in [0.05, 0.1) is 0 Å². The van der Waals surface area contributed by atoms with Crippen LogP contribution >= 0.6 is 0 Å². The highest BCUT2D eigenvalue weighted by atomic mass is 16.1. The van der Waals surface area contributed by atoms with Crippen molar-refractivity contribution >= 4 is 5.91 Å². The quantitative estimate of drug-likeness (QED) is 0.789. The monoisotopic (exact) mass is 252 g/mol. The molecule has 0 aromatic rings. The highest BCUT2D eigenvalue weighted by Gasteiger charge is 2.22. The minimum Gasteiger partial charge on any atom is -0.353 e. The first kappa shape index (κ1) is 13.9. The van der Waals surface area contributed by atoms with Crippen molar-refractivity contribution in [3.63, 3.8) is 0 Å². The molecule has 0 aromatic carbocycles. The van der Waals surface area contributed by atoms with Crippen molar-refractivity contribution in [2.75, 3.05) is 13.1 Å². The van der Waals surface area contributed by atoms with Crippen LogP contribution < -0.4 is 10.6 Å². The molecular formula is C15H28N2O. The van der Waals surface area contributed by atoms with E-state index < -0.39 is 0 Å². The van der Waals surface area contributed by atoms with E-state index >= 15 is 0 Å². The molecule has 2 atom stereocenters. The maximum Gasteiger partial charge on any atom is 0.220 e. The van der Waals surface area contributed by atoms with Crippen LogP contribution in [-0.4, -0.2) is 25.0 Å². The number of hydrogen-bond donors (Lipinski definition) is 2. The van der Waals surface area contributed by atoms with Gasteiger partial charge in [-0.15, -0.1) is 0 Å². The lowest BCUT2D eigenvalue weighted by molar-refractivity contribution is -0.122. The van der Waals surface area contributed by atoms with Crippen LogP contribution in [0.1, 0.15) is 58.3 Å². The van der Waals surface area contributed by atoms with Crippen LogP contribution in [-0.2, 0) is 4.79 Å². The Morgan fingerprint density at radius 3 is 2.72 bits per heavy atom. The van der Waals surface area contributed by atoms with Crippen molar-refractivity contribution in [1.29, 1.82) is 0 Å². The van der Waals surface area contributed by atoms with Crippen molar-refractivity contribution in [3.8, 4) is 0 Å². The Morgan fingerprint density at radius 1 is 1.28 bits per heavy atom. The van der Waals surface area contributed by atoms with E-state index in [1.807, 2.05) is 0 Å². The second kappa shape index (κ2) is 7.13. The highest BCUT2D eigenvalue weighted by molar-refractivity contribution is 5.76. The van der Waals surface area contributed by atoms with Gasteiger partial charge < -0.3 is 10.6 Å². The van der Waals surface area contributed by atoms with Crippen molar-refractivity contribution < 1.29 is 4.79 Å². The molecule has 0 bridgehead atoms. The zero-order valence-corrected chi connectivity index (χ0v) is 11.7. The van der Waals surface area contributed by atoms with Crippen molar-refractivity contribution in [2.45, 2.75) is 64.3 Å². The second-order valence-corrected chi connectivity index (χ2v) is 6.15. The van der Waals surface area contributed by atoms with E-state index in [4.69, 9.17) is 0 Å². The van der Waals surface area contributed by atoms with Crippen LogP contribution in [0.3, 0.4) is 0 Å². The Morgan fingerprint density at radius 2 is 2.06 bits per heavy atom. The van der Waals surface area contributed by atoms with Gasteiger partial charge >= 0.3 is 0 Å². The van der Waals surface area contributed by atoms with Gasteiger partial charge in [-0.2, -0.15) is 0 Å². The number of hydrogen-bond acceptors (Lipinski definition) is 2. The van der Waals surface area contributed by atoms with Gasteiger partial charge in [0.25, 0.3) is 0 Å². The van der Waals surface area contributed by atoms with Crippen LogP contribution in [0, 0.1) is 11.8 Å². The second-order valence-electron chi connectivity index (χ2n) is 6.15. The number of carbonyl (C=O) groups excluding carboxylic acids is 1. The van der Waals surface area contributed by atoms with Crippen molar-refractivity contribution in [1.82, 2.24) is 10.6 Å². The van der Waals surface area contributed by atoms with E-state index in [0.717, 1.165) is 31.3 Å². The van der Waals surface area contributed by atoms with Crippen LogP contribution in [0.15, 0.2) is 0 Å². The minimum absolute atomic E-state index is 0.264. The van der Waals surface area contributed by atoms with E-state index in [1.165, 1.54) is 38.5 Å². The van der Waals surface area contributed by atoms with Crippen molar-refractivity contribution in [3.05, 3.63) is 0 Å². The third-order valence-corrected chi connectivity index (χ3v) is 4.69. The first-order valence-electron chi connectivity index (χ1n) is 7.76. The average molecular weight is 252 g/mol. The summed E-state index contributed by atoms with van der Waals surface area (Å²) in [6.07, 6.45) is 9.68. The van der Waals surface area contributed by atoms with Gasteiger partial charge in [0, 0.05) is 12.5 Å². The van der Waals surface area contributed by atoms with E-state index in [0.29, 0.717) is 12.5 Å². The fraction of sp³-hybridized carbons (Fsp3) is 0.933. The molecule has 0 radical (unpaired) electrons. The minimum atomic E-state index is 0.264. The summed E-state index contributed by atoms with van der Waals surface area (Å²) in [5, 5.41) is 6.57. The molecule has 1 amide bonds. The average Bonchev–Trinajstić information content (AvgIpc) is 2.90. The van der Waals surface area contributed by atoms with Crippen molar-refractivity contribution in [2.24, 2.45) is 11.8 Å². The van der Waals surface area contributed by atoms with Gasteiger partial charge in [0.1, 0.15) is 0 Å². The summed E-state index contributed by atoms with van der Waals surface area (Å²) < 4.78 is 0. The summed E-state index contributed by atoms with van der Waals surface area (Å²) in [7, 11) is 0. The molecule has 3 heteroatoms. The van der Waals surface area contributed by atoms with Gasteiger partial charge in [-0.1, -0.05) is 19.3 Å². The molecule has 3 nitrogen and oxygen atoms in total. The normalized spacial score (nSPS) is 27.1. The molecule has 1 heterocycles. The predicted molar refractivity (Wildman–Crippen MR) is 74.4 cm³/mol. The molecule has 2 N–H and O–H groups in total. The van der Waals surface area contributed by atoms with Gasteiger partial charge in [0.15, 0.2) is 0 Å². The summed E-state index contributed by atoms with van der Waals surface area (Å²) in [6, 6.07) is 0.375. The summed E-state index contributed by atoms with van der Waals surface area (Å²) in [6.45, 7) is 4.42. The van der Waals surface area contributed by atoms with E-state index in [9.17, 15) is 4.79 Å². The molecule has 18 heavy (non-hydrogen) atoms. The molecule has 0 aromatic heterocycles. The van der Waals surface area contributed by atoms with Crippen LogP contribution in [0.25, 0.3) is 0 Å². The molecule has 1 aliphatic carbocycles. The Bertz CT molecular complexity index is 255. The van der Waals surface area contributed by atoms with E-state index in [-0.39, 0.29) is 5.91 Å². The maximum atomic E-state index is 11.9. The zero-order valence-electron chi connectivity index (χ0n) is 11.7. The van der Waals surface area contributed by atoms with Gasteiger partial charge in [-0.25, -0.2) is 0 Å². The summed E-state index contributed by atoms with van der Waals surface area (Å²) in [4.78, 5) is 11.9. The smallest absolute Gasteiger partial charge is 0.220 e. The number of nitrogens with one attached hydrogen (secondary N) is 2. The SMILES string of the molecule is CC(NC(=O)CCC1CCNC1)C1CCCCC1. The zero-order chi connectivity index (χ0) is 12.8. The number of carbonyl (C=O) groups is 1. The Kier molecular flexibility index (Phi) is 5.48. The fourth-order valence-electron chi connectivity index (χ4n) is 3.37. The molecule has 1 saturated heterocycles. The van der Waals surface area contributed by atoms with Gasteiger partial charge in [-0.3, -0.25) is 4.79 Å². The molecule has 104 valence electrons. The lowest BCUT2D eigenvalue weighted by Gasteiger charge is -2.28. The topological polar surface area (TPSA) is 41.1 Å². The third kappa shape index (κ3) is 4.27. The maximum absolute atomic E-state index is 11.9. The summed E-state index contributed by atoms with van der Waals surface area (Å²) >= 11 is 0. The van der Waals surface area contributed by atoms with Gasteiger partial charge in [0.2, 0.25) is 5.91 Å². The fourth-order valence-corrected chi connectivity index (χ4v) is 3.37. The van der Waals surface area contributed by atoms with Crippen LogP contribution in [0.2, 0.25) is 0 Å². The largest absolute Gasteiger partial charge is 0.353 e. The van der Waals surface area contributed by atoms with E-state index in [2.05, 4.69) is 17.6 Å². The predicted octanol–water partition coefficient (Wildman–Crippen LogP) is 2.46. The molecule has 2 fully saturated rings. The first-order chi connectivity index (χ1) is 8.75. The first-order valence-corrected chi connectivity index (χ1v) is 7.76. The lowest BCUT2D eigenvalue weighted by atomic mass is 9.84. The Balaban J connectivity index is 1.62. The van der Waals surface area contributed by atoms with Gasteiger partial charge in [-0.05, 0) is 57.5 Å². The Hall–Kier alpha value is -0.570. The highest BCUT2D eigenvalue weighted by Crippen LogP contribution is 2.26. The molecular weight excluding hydrogens is 224 g/mol. The number of rotatable bonds is 5. The van der Waals surface area contributed by atoms with Crippen LogP contribution in [0.5, 0.6) is 0 Å². The molecule has 2 aliphatic rings. The molecule has 2 unspecified atom stereocenters. The molecule has 0 spiro atoms. The lowest BCUT2D eigenvalue weighted by Crippen LogP contribution is -2.38. The number of amides is 1. The molecule has 1 saturated carbocycles. The molecule has 1 aliphatic heterocycles.